The van der Waals surface area contributed by atoms with E-state index in [1.165, 1.54) is 0 Å². The van der Waals surface area contributed by atoms with E-state index in [-0.39, 0.29) is 12.5 Å². The van der Waals surface area contributed by atoms with Crippen LogP contribution in [0.2, 0.25) is 0 Å². The predicted octanol–water partition coefficient (Wildman–Crippen LogP) is 2.56. The Hall–Kier alpha value is -2.06. The maximum absolute atomic E-state index is 12.8. The highest BCUT2D eigenvalue weighted by atomic mass is 16.3. The van der Waals surface area contributed by atoms with Crippen LogP contribution < -0.4 is 4.90 Å². The van der Waals surface area contributed by atoms with Crippen molar-refractivity contribution in [2.24, 2.45) is 0 Å². The van der Waals surface area contributed by atoms with E-state index in [0.29, 0.717) is 6.54 Å². The van der Waals surface area contributed by atoms with Crippen molar-refractivity contribution >= 4 is 11.6 Å². The quantitative estimate of drug-likeness (QED) is 0.871. The van der Waals surface area contributed by atoms with Crippen molar-refractivity contribution in [1.82, 2.24) is 4.90 Å². The zero-order valence-corrected chi connectivity index (χ0v) is 14.6. The van der Waals surface area contributed by atoms with Crippen molar-refractivity contribution in [2.45, 2.75) is 50.7 Å². The predicted molar refractivity (Wildman–Crippen MR) is 94.5 cm³/mol. The van der Waals surface area contributed by atoms with Crippen LogP contribution in [0.1, 0.15) is 39.0 Å². The molecular weight excluding hydrogens is 302 g/mol. The molecule has 1 amide bonds. The van der Waals surface area contributed by atoms with Gasteiger partial charge in [0, 0.05) is 19.3 Å². The Labute approximate surface area is 144 Å². The van der Waals surface area contributed by atoms with Crippen LogP contribution in [0.25, 0.3) is 0 Å². The van der Waals surface area contributed by atoms with Crippen LogP contribution in [0.3, 0.4) is 0 Å². The van der Waals surface area contributed by atoms with Crippen LogP contribution >= 0.6 is 0 Å². The summed E-state index contributed by atoms with van der Waals surface area (Å²) in [7, 11) is 1.74. The number of likely N-dealkylation sites (N-methyl/N-ethyl adjacent to an activating group) is 1. The van der Waals surface area contributed by atoms with E-state index < -0.39 is 11.6 Å². The number of hydrogen-bond acceptors (Lipinski definition) is 4. The third-order valence-corrected chi connectivity index (χ3v) is 4.84. The molecule has 1 saturated carbocycles. The lowest BCUT2D eigenvalue weighted by Crippen LogP contribution is -2.53. The summed E-state index contributed by atoms with van der Waals surface area (Å²) in [4.78, 5) is 16.3. The third kappa shape index (κ3) is 4.27. The van der Waals surface area contributed by atoms with E-state index in [2.05, 4.69) is 6.07 Å². The SMILES string of the molecule is C[C@@H](O)CN(CC(=O)N(C)C1(C#N)CCCCC1)c1ccccc1. The number of aliphatic hydroxyl groups is 1. The van der Waals surface area contributed by atoms with Gasteiger partial charge >= 0.3 is 0 Å². The number of nitriles is 1. The number of carbonyl (C=O) groups is 1. The van der Waals surface area contributed by atoms with Gasteiger partial charge in [-0.3, -0.25) is 4.79 Å². The molecule has 1 fully saturated rings. The molecule has 0 unspecified atom stereocenters. The molecule has 0 heterocycles. The molecule has 5 heteroatoms. The van der Waals surface area contributed by atoms with Gasteiger partial charge in [0.2, 0.25) is 5.91 Å². The Balaban J connectivity index is 2.13. The van der Waals surface area contributed by atoms with E-state index in [0.717, 1.165) is 37.8 Å². The lowest BCUT2D eigenvalue weighted by Gasteiger charge is -2.40. The minimum Gasteiger partial charge on any atom is -0.392 e. The average Bonchev–Trinajstić information content (AvgIpc) is 2.61. The largest absolute Gasteiger partial charge is 0.392 e. The molecule has 1 aliphatic carbocycles. The van der Waals surface area contributed by atoms with Crippen LogP contribution in [-0.4, -0.2) is 47.7 Å². The summed E-state index contributed by atoms with van der Waals surface area (Å²) in [6, 6.07) is 12.0. The molecular formula is C19H27N3O2. The van der Waals surface area contributed by atoms with Crippen LogP contribution in [-0.2, 0) is 4.79 Å². The monoisotopic (exact) mass is 329 g/mol. The number of carbonyl (C=O) groups excluding carboxylic acids is 1. The third-order valence-electron chi connectivity index (χ3n) is 4.84. The van der Waals surface area contributed by atoms with Gasteiger partial charge in [-0.05, 0) is 31.9 Å². The molecule has 0 radical (unpaired) electrons. The Bertz CT molecular complexity index is 574. The normalized spacial score (nSPS) is 17.6. The number of amides is 1. The molecule has 0 bridgehead atoms. The second-order valence-electron chi connectivity index (χ2n) is 6.72. The Kier molecular flexibility index (Phi) is 6.22. The second kappa shape index (κ2) is 8.16. The Morgan fingerprint density at radius 3 is 2.46 bits per heavy atom. The van der Waals surface area contributed by atoms with Crippen molar-refractivity contribution in [3.8, 4) is 6.07 Å². The molecule has 130 valence electrons. The molecule has 5 nitrogen and oxygen atoms in total. The lowest BCUT2D eigenvalue weighted by molar-refractivity contribution is -0.133. The van der Waals surface area contributed by atoms with E-state index >= 15 is 0 Å². The van der Waals surface area contributed by atoms with Crippen molar-refractivity contribution in [2.75, 3.05) is 25.0 Å². The molecule has 0 spiro atoms. The summed E-state index contributed by atoms with van der Waals surface area (Å²) in [6.45, 7) is 2.25. The van der Waals surface area contributed by atoms with Crippen molar-refractivity contribution < 1.29 is 9.90 Å². The van der Waals surface area contributed by atoms with E-state index in [1.807, 2.05) is 35.2 Å². The van der Waals surface area contributed by atoms with Crippen molar-refractivity contribution in [3.05, 3.63) is 30.3 Å². The van der Waals surface area contributed by atoms with Gasteiger partial charge < -0.3 is 14.9 Å². The van der Waals surface area contributed by atoms with Gasteiger partial charge in [-0.25, -0.2) is 0 Å². The number of aliphatic hydroxyl groups excluding tert-OH is 1. The highest BCUT2D eigenvalue weighted by molar-refractivity contribution is 5.82. The van der Waals surface area contributed by atoms with Gasteiger partial charge in [-0.15, -0.1) is 0 Å². The zero-order valence-electron chi connectivity index (χ0n) is 14.6. The Morgan fingerprint density at radius 2 is 1.92 bits per heavy atom. The number of hydrogen-bond donors (Lipinski definition) is 1. The molecule has 0 saturated heterocycles. The molecule has 1 aromatic rings. The van der Waals surface area contributed by atoms with Gasteiger partial charge in [-0.2, -0.15) is 5.26 Å². The van der Waals surface area contributed by atoms with Gasteiger partial charge in [-0.1, -0.05) is 37.5 Å². The van der Waals surface area contributed by atoms with Gasteiger partial charge in [0.25, 0.3) is 0 Å². The number of rotatable bonds is 6. The first-order valence-electron chi connectivity index (χ1n) is 8.64. The minimum absolute atomic E-state index is 0.0806. The first kappa shape index (κ1) is 18.3. The molecule has 1 N–H and O–H groups in total. The van der Waals surface area contributed by atoms with Gasteiger partial charge in [0.05, 0.1) is 18.7 Å². The highest BCUT2D eigenvalue weighted by Crippen LogP contribution is 2.32. The van der Waals surface area contributed by atoms with Gasteiger partial charge in [0.15, 0.2) is 0 Å². The fourth-order valence-corrected chi connectivity index (χ4v) is 3.39. The van der Waals surface area contributed by atoms with Crippen LogP contribution in [0.5, 0.6) is 0 Å². The lowest BCUT2D eigenvalue weighted by atomic mass is 9.81. The number of para-hydroxylation sites is 1. The van der Waals surface area contributed by atoms with Gasteiger partial charge in [0.1, 0.15) is 5.54 Å². The fraction of sp³-hybridized carbons (Fsp3) is 0.579. The number of nitrogens with zero attached hydrogens (tertiary/aromatic N) is 3. The topological polar surface area (TPSA) is 67.6 Å². The molecule has 1 atom stereocenters. The number of anilines is 1. The van der Waals surface area contributed by atoms with Crippen molar-refractivity contribution in [3.63, 3.8) is 0 Å². The second-order valence-corrected chi connectivity index (χ2v) is 6.72. The maximum Gasteiger partial charge on any atom is 0.243 e. The first-order chi connectivity index (χ1) is 11.5. The summed E-state index contributed by atoms with van der Waals surface area (Å²) in [5.41, 5.74) is 0.220. The van der Waals surface area contributed by atoms with E-state index in [9.17, 15) is 15.2 Å². The molecule has 1 aromatic carbocycles. The molecule has 0 aromatic heterocycles. The summed E-state index contributed by atoms with van der Waals surface area (Å²) in [5.74, 6) is -0.0806. The summed E-state index contributed by atoms with van der Waals surface area (Å²) in [5, 5.41) is 19.4. The van der Waals surface area contributed by atoms with Crippen LogP contribution in [0.15, 0.2) is 30.3 Å². The van der Waals surface area contributed by atoms with Crippen LogP contribution in [0.4, 0.5) is 5.69 Å². The first-order valence-corrected chi connectivity index (χ1v) is 8.64. The van der Waals surface area contributed by atoms with E-state index in [4.69, 9.17) is 0 Å². The summed E-state index contributed by atoms with van der Waals surface area (Å²) in [6.07, 6.45) is 4.05. The fourth-order valence-electron chi connectivity index (χ4n) is 3.39. The molecule has 0 aliphatic heterocycles. The number of benzene rings is 1. The maximum atomic E-state index is 12.8. The zero-order chi connectivity index (χ0) is 17.6. The van der Waals surface area contributed by atoms with E-state index in [1.54, 1.807) is 18.9 Å². The Morgan fingerprint density at radius 1 is 1.29 bits per heavy atom. The molecule has 24 heavy (non-hydrogen) atoms. The minimum atomic E-state index is -0.678. The highest BCUT2D eigenvalue weighted by Gasteiger charge is 2.39. The molecule has 1 aliphatic rings. The molecule has 2 rings (SSSR count). The average molecular weight is 329 g/mol. The smallest absolute Gasteiger partial charge is 0.243 e. The van der Waals surface area contributed by atoms with Crippen molar-refractivity contribution in [1.29, 1.82) is 5.26 Å². The standard InChI is InChI=1S/C19H27N3O2/c1-16(23)13-22(17-9-5-3-6-10-17)14-18(24)21(2)19(15-20)11-7-4-8-12-19/h3,5-6,9-10,16,23H,4,7-8,11-14H2,1-2H3/t16-/m1/s1. The summed E-state index contributed by atoms with van der Waals surface area (Å²) < 4.78 is 0. The van der Waals surface area contributed by atoms with Crippen LogP contribution in [0, 0.1) is 11.3 Å². The summed E-state index contributed by atoms with van der Waals surface area (Å²) >= 11 is 0.